The molecule has 31 heavy (non-hydrogen) atoms. The second kappa shape index (κ2) is 8.58. The molecule has 1 aliphatic heterocycles. The van der Waals surface area contributed by atoms with Gasteiger partial charge in [0, 0.05) is 5.69 Å². The SMILES string of the molecule is CCCC1(c2ccccc2)NC(=O)N(CC(=O)Nc2ccc(Cl)c(C(F)(F)F)c2)C1=O. The van der Waals surface area contributed by atoms with Gasteiger partial charge in [-0.05, 0) is 30.2 Å². The van der Waals surface area contributed by atoms with Crippen LogP contribution in [-0.2, 0) is 21.3 Å². The first-order valence-electron chi connectivity index (χ1n) is 9.44. The zero-order valence-corrected chi connectivity index (χ0v) is 17.2. The van der Waals surface area contributed by atoms with Crippen molar-refractivity contribution in [2.75, 3.05) is 11.9 Å². The average Bonchev–Trinajstić information content (AvgIpc) is 2.94. The zero-order chi connectivity index (χ0) is 22.8. The number of rotatable bonds is 6. The highest BCUT2D eigenvalue weighted by Gasteiger charge is 2.52. The number of amides is 4. The van der Waals surface area contributed by atoms with Crippen LogP contribution in [0.2, 0.25) is 5.02 Å². The van der Waals surface area contributed by atoms with Crippen molar-refractivity contribution in [2.24, 2.45) is 0 Å². The van der Waals surface area contributed by atoms with E-state index in [-0.39, 0.29) is 5.69 Å². The summed E-state index contributed by atoms with van der Waals surface area (Å²) in [4.78, 5) is 38.8. The minimum absolute atomic E-state index is 0.156. The van der Waals surface area contributed by atoms with Crippen LogP contribution in [0.1, 0.15) is 30.9 Å². The minimum Gasteiger partial charge on any atom is -0.325 e. The number of carbonyl (C=O) groups is 3. The van der Waals surface area contributed by atoms with E-state index in [1.165, 1.54) is 6.07 Å². The predicted octanol–water partition coefficient (Wildman–Crippen LogP) is 4.54. The summed E-state index contributed by atoms with van der Waals surface area (Å²) in [6.07, 6.45) is -3.78. The third-order valence-electron chi connectivity index (χ3n) is 4.92. The van der Waals surface area contributed by atoms with E-state index in [2.05, 4.69) is 10.6 Å². The largest absolute Gasteiger partial charge is 0.417 e. The molecule has 0 saturated carbocycles. The van der Waals surface area contributed by atoms with Crippen LogP contribution in [0.3, 0.4) is 0 Å². The van der Waals surface area contributed by atoms with E-state index in [0.717, 1.165) is 11.0 Å². The molecule has 0 aromatic heterocycles. The van der Waals surface area contributed by atoms with Crippen molar-refractivity contribution in [2.45, 2.75) is 31.5 Å². The predicted molar refractivity (Wildman–Crippen MR) is 108 cm³/mol. The normalized spacial score (nSPS) is 18.8. The molecule has 1 heterocycles. The third-order valence-corrected chi connectivity index (χ3v) is 5.25. The molecule has 164 valence electrons. The van der Waals surface area contributed by atoms with Crippen molar-refractivity contribution < 1.29 is 27.6 Å². The molecule has 2 N–H and O–H groups in total. The average molecular weight is 454 g/mol. The van der Waals surface area contributed by atoms with Gasteiger partial charge in [-0.15, -0.1) is 0 Å². The van der Waals surface area contributed by atoms with Crippen LogP contribution in [0.15, 0.2) is 48.5 Å². The number of halogens is 4. The lowest BCUT2D eigenvalue weighted by Crippen LogP contribution is -2.44. The van der Waals surface area contributed by atoms with Gasteiger partial charge in [-0.3, -0.25) is 14.5 Å². The fourth-order valence-corrected chi connectivity index (χ4v) is 3.77. The highest BCUT2D eigenvalue weighted by atomic mass is 35.5. The lowest BCUT2D eigenvalue weighted by molar-refractivity contribution is -0.137. The standard InChI is InChI=1S/C21H19ClF3N3O3/c1-2-10-20(13-6-4-3-5-7-13)18(30)28(19(31)27-20)12-17(29)26-14-8-9-16(22)15(11-14)21(23,24)25/h3-9,11H,2,10,12H2,1H3,(H,26,29)(H,27,31). The first-order chi connectivity index (χ1) is 14.6. The van der Waals surface area contributed by atoms with Gasteiger partial charge in [-0.2, -0.15) is 13.2 Å². The van der Waals surface area contributed by atoms with Crippen molar-refractivity contribution in [3.8, 4) is 0 Å². The summed E-state index contributed by atoms with van der Waals surface area (Å²) in [5, 5.41) is 4.45. The summed E-state index contributed by atoms with van der Waals surface area (Å²) in [5.41, 5.74) is -1.97. The Bertz CT molecular complexity index is 1010. The molecule has 1 saturated heterocycles. The molecule has 0 radical (unpaired) electrons. The van der Waals surface area contributed by atoms with E-state index >= 15 is 0 Å². The van der Waals surface area contributed by atoms with E-state index in [4.69, 9.17) is 11.6 Å². The van der Waals surface area contributed by atoms with E-state index in [0.29, 0.717) is 24.5 Å². The van der Waals surface area contributed by atoms with Gasteiger partial charge in [-0.1, -0.05) is 55.3 Å². The van der Waals surface area contributed by atoms with Crippen molar-refractivity contribution in [1.29, 1.82) is 0 Å². The first kappa shape index (κ1) is 22.6. The summed E-state index contributed by atoms with van der Waals surface area (Å²) < 4.78 is 39.0. The number of anilines is 1. The molecule has 3 rings (SSSR count). The number of imide groups is 1. The van der Waals surface area contributed by atoms with Crippen molar-refractivity contribution >= 4 is 35.1 Å². The molecule has 1 fully saturated rings. The molecule has 1 unspecified atom stereocenters. The molecule has 0 bridgehead atoms. The summed E-state index contributed by atoms with van der Waals surface area (Å²) in [7, 11) is 0. The fraction of sp³-hybridized carbons (Fsp3) is 0.286. The summed E-state index contributed by atoms with van der Waals surface area (Å²) >= 11 is 5.57. The molecule has 1 aliphatic rings. The van der Waals surface area contributed by atoms with Gasteiger partial charge < -0.3 is 10.6 Å². The second-order valence-electron chi connectivity index (χ2n) is 7.08. The Labute approximate surface area is 181 Å². The Morgan fingerprint density at radius 1 is 1.16 bits per heavy atom. The second-order valence-corrected chi connectivity index (χ2v) is 7.49. The topological polar surface area (TPSA) is 78.5 Å². The Balaban J connectivity index is 1.79. The van der Waals surface area contributed by atoms with Gasteiger partial charge >= 0.3 is 12.2 Å². The van der Waals surface area contributed by atoms with Crippen LogP contribution in [0.4, 0.5) is 23.7 Å². The van der Waals surface area contributed by atoms with Gasteiger partial charge in [-0.25, -0.2) is 4.79 Å². The van der Waals surface area contributed by atoms with E-state index < -0.39 is 46.7 Å². The van der Waals surface area contributed by atoms with Crippen LogP contribution >= 0.6 is 11.6 Å². The van der Waals surface area contributed by atoms with Crippen LogP contribution in [0.25, 0.3) is 0 Å². The number of nitrogens with one attached hydrogen (secondary N) is 2. The first-order valence-corrected chi connectivity index (χ1v) is 9.82. The van der Waals surface area contributed by atoms with Crippen molar-refractivity contribution in [3.05, 3.63) is 64.7 Å². The van der Waals surface area contributed by atoms with Gasteiger partial charge in [0.15, 0.2) is 0 Å². The number of carbonyl (C=O) groups excluding carboxylic acids is 3. The molecule has 4 amide bonds. The molecule has 1 atom stereocenters. The smallest absolute Gasteiger partial charge is 0.325 e. The molecule has 6 nitrogen and oxygen atoms in total. The highest BCUT2D eigenvalue weighted by Crippen LogP contribution is 2.36. The number of alkyl halides is 3. The fourth-order valence-electron chi connectivity index (χ4n) is 3.54. The van der Waals surface area contributed by atoms with Crippen LogP contribution < -0.4 is 10.6 Å². The number of nitrogens with zero attached hydrogens (tertiary/aromatic N) is 1. The van der Waals surface area contributed by atoms with Crippen LogP contribution in [0, 0.1) is 0 Å². The van der Waals surface area contributed by atoms with Gasteiger partial charge in [0.2, 0.25) is 5.91 Å². The van der Waals surface area contributed by atoms with Gasteiger partial charge in [0.05, 0.1) is 10.6 Å². The number of benzene rings is 2. The Morgan fingerprint density at radius 3 is 2.45 bits per heavy atom. The van der Waals surface area contributed by atoms with Crippen LogP contribution in [-0.4, -0.2) is 29.3 Å². The quantitative estimate of drug-likeness (QED) is 0.630. The van der Waals surface area contributed by atoms with E-state index in [1.807, 2.05) is 6.92 Å². The highest BCUT2D eigenvalue weighted by molar-refractivity contribution is 6.31. The molecular weight excluding hydrogens is 435 g/mol. The number of hydrogen-bond acceptors (Lipinski definition) is 3. The molecule has 0 spiro atoms. The lowest BCUT2D eigenvalue weighted by Gasteiger charge is -2.26. The maximum Gasteiger partial charge on any atom is 0.417 e. The molecule has 10 heteroatoms. The number of hydrogen-bond donors (Lipinski definition) is 2. The monoisotopic (exact) mass is 453 g/mol. The molecular formula is C21H19ClF3N3O3. The zero-order valence-electron chi connectivity index (χ0n) is 16.4. The van der Waals surface area contributed by atoms with Crippen molar-refractivity contribution in [1.82, 2.24) is 10.2 Å². The van der Waals surface area contributed by atoms with Gasteiger partial charge in [0.25, 0.3) is 5.91 Å². The summed E-state index contributed by atoms with van der Waals surface area (Å²) in [6, 6.07) is 10.8. The molecule has 2 aromatic rings. The number of urea groups is 1. The Morgan fingerprint density at radius 2 is 1.84 bits per heavy atom. The molecule has 0 aliphatic carbocycles. The summed E-state index contributed by atoms with van der Waals surface area (Å²) in [6.45, 7) is 1.21. The minimum atomic E-state index is -4.70. The van der Waals surface area contributed by atoms with Crippen molar-refractivity contribution in [3.63, 3.8) is 0 Å². The van der Waals surface area contributed by atoms with Gasteiger partial charge in [0.1, 0.15) is 12.1 Å². The lowest BCUT2D eigenvalue weighted by atomic mass is 9.85. The molecule has 2 aromatic carbocycles. The van der Waals surface area contributed by atoms with E-state index in [1.54, 1.807) is 30.3 Å². The maximum atomic E-state index is 13.1. The Kier molecular flexibility index (Phi) is 6.26. The third kappa shape index (κ3) is 4.51. The Hall–Kier alpha value is -3.07. The van der Waals surface area contributed by atoms with Crippen LogP contribution in [0.5, 0.6) is 0 Å². The van der Waals surface area contributed by atoms with E-state index in [9.17, 15) is 27.6 Å². The maximum absolute atomic E-state index is 13.1. The summed E-state index contributed by atoms with van der Waals surface area (Å²) in [5.74, 6) is -1.41.